The highest BCUT2D eigenvalue weighted by molar-refractivity contribution is 5.98. The number of nitrogens with zero attached hydrogens (tertiary/aromatic N) is 1. The van der Waals surface area contributed by atoms with Gasteiger partial charge >= 0.3 is 5.97 Å². The first-order valence-corrected chi connectivity index (χ1v) is 4.32. The normalized spacial score (nSPS) is 11.1. The molecule has 6 heteroatoms. The molecule has 0 spiro atoms. The molecule has 0 aliphatic carbocycles. The summed E-state index contributed by atoms with van der Waals surface area (Å²) >= 11 is 0. The van der Waals surface area contributed by atoms with E-state index in [1.165, 1.54) is 20.0 Å². The van der Waals surface area contributed by atoms with Crippen molar-refractivity contribution in [2.45, 2.75) is 26.3 Å². The fourth-order valence-electron chi connectivity index (χ4n) is 0.921. The lowest BCUT2D eigenvalue weighted by molar-refractivity contribution is -0.143. The van der Waals surface area contributed by atoms with Gasteiger partial charge in [-0.15, -0.1) is 0 Å². The summed E-state index contributed by atoms with van der Waals surface area (Å²) in [5.41, 5.74) is -1.08. The van der Waals surface area contributed by atoms with Crippen LogP contribution in [0.3, 0.4) is 0 Å². The predicted octanol–water partition coefficient (Wildman–Crippen LogP) is 0.576. The topological polar surface area (TPSA) is 92.4 Å². The molecule has 15 heavy (non-hydrogen) atoms. The van der Waals surface area contributed by atoms with E-state index in [-0.39, 0.29) is 5.56 Å². The van der Waals surface area contributed by atoms with Crippen LogP contribution in [-0.4, -0.2) is 27.7 Å². The van der Waals surface area contributed by atoms with Crippen molar-refractivity contribution in [2.75, 3.05) is 0 Å². The Morgan fingerprint density at radius 3 is 2.53 bits per heavy atom. The summed E-state index contributed by atoms with van der Waals surface area (Å²) in [5.74, 6) is -1.26. The van der Waals surface area contributed by atoms with E-state index in [9.17, 15) is 9.59 Å². The van der Waals surface area contributed by atoms with Gasteiger partial charge in [-0.2, -0.15) is 0 Å². The molecule has 1 rings (SSSR count). The molecular weight excluding hydrogens is 200 g/mol. The van der Waals surface area contributed by atoms with Gasteiger partial charge in [-0.25, -0.2) is 4.79 Å². The summed E-state index contributed by atoms with van der Waals surface area (Å²) in [6.07, 6.45) is 1.25. The number of nitrogens with one attached hydrogen (secondary N) is 1. The van der Waals surface area contributed by atoms with Crippen molar-refractivity contribution in [1.82, 2.24) is 10.5 Å². The Morgan fingerprint density at radius 2 is 2.13 bits per heavy atom. The number of aliphatic carboxylic acids is 1. The smallest absolute Gasteiger partial charge is 0.328 e. The van der Waals surface area contributed by atoms with Crippen LogP contribution < -0.4 is 5.32 Å². The van der Waals surface area contributed by atoms with Gasteiger partial charge in [0.1, 0.15) is 16.9 Å². The molecule has 0 saturated carbocycles. The van der Waals surface area contributed by atoms with Crippen molar-refractivity contribution in [3.63, 3.8) is 0 Å². The van der Waals surface area contributed by atoms with E-state index in [1.807, 2.05) is 0 Å². The summed E-state index contributed by atoms with van der Waals surface area (Å²) in [7, 11) is 0. The van der Waals surface area contributed by atoms with Crippen molar-refractivity contribution < 1.29 is 19.2 Å². The first-order valence-electron chi connectivity index (χ1n) is 4.32. The first kappa shape index (κ1) is 11.2. The molecule has 1 aromatic heterocycles. The number of aromatic nitrogens is 1. The predicted molar refractivity (Wildman–Crippen MR) is 50.4 cm³/mol. The molecule has 0 atom stereocenters. The van der Waals surface area contributed by atoms with Gasteiger partial charge in [-0.1, -0.05) is 5.16 Å². The molecule has 2 N–H and O–H groups in total. The molecule has 0 bridgehead atoms. The minimum atomic E-state index is -1.32. The molecule has 1 heterocycles. The van der Waals surface area contributed by atoms with Gasteiger partial charge in [0, 0.05) is 0 Å². The molecule has 0 saturated heterocycles. The summed E-state index contributed by atoms with van der Waals surface area (Å²) < 4.78 is 4.70. The van der Waals surface area contributed by atoms with Crippen LogP contribution in [0.5, 0.6) is 0 Å². The van der Waals surface area contributed by atoms with Gasteiger partial charge in [0.25, 0.3) is 5.91 Å². The third kappa shape index (κ3) is 2.34. The highest BCUT2D eigenvalue weighted by atomic mass is 16.5. The minimum absolute atomic E-state index is 0.240. The summed E-state index contributed by atoms with van der Waals surface area (Å²) in [6, 6.07) is 0. The standard InChI is InChI=1S/C9H12N2O4/c1-5-6(4-10-15-5)7(12)11-9(2,3)8(13)14/h4H,1-3H3,(H,11,12)(H,13,14). The third-order valence-electron chi connectivity index (χ3n) is 1.96. The Kier molecular flexibility index (Phi) is 2.78. The molecule has 0 unspecified atom stereocenters. The van der Waals surface area contributed by atoms with E-state index in [0.29, 0.717) is 5.76 Å². The van der Waals surface area contributed by atoms with Crippen molar-refractivity contribution in [2.24, 2.45) is 0 Å². The zero-order chi connectivity index (χ0) is 11.6. The maximum atomic E-state index is 11.6. The first-order chi connectivity index (χ1) is 6.84. The average Bonchev–Trinajstić information content (AvgIpc) is 2.50. The van der Waals surface area contributed by atoms with Crippen molar-refractivity contribution >= 4 is 11.9 Å². The highest BCUT2D eigenvalue weighted by Crippen LogP contribution is 2.09. The van der Waals surface area contributed by atoms with Gasteiger partial charge in [0.2, 0.25) is 0 Å². The Hall–Kier alpha value is -1.85. The quantitative estimate of drug-likeness (QED) is 0.764. The van der Waals surface area contributed by atoms with Crippen LogP contribution in [0.4, 0.5) is 0 Å². The summed E-state index contributed by atoms with van der Waals surface area (Å²) in [4.78, 5) is 22.3. The Labute approximate surface area is 86.3 Å². The molecule has 0 aliphatic heterocycles. The zero-order valence-electron chi connectivity index (χ0n) is 8.70. The number of aryl methyl sites for hydroxylation is 1. The summed E-state index contributed by atoms with van der Waals surface area (Å²) in [5, 5.41) is 14.6. The molecule has 1 aromatic rings. The van der Waals surface area contributed by atoms with E-state index in [1.54, 1.807) is 6.92 Å². The van der Waals surface area contributed by atoms with Crippen LogP contribution in [0, 0.1) is 6.92 Å². The van der Waals surface area contributed by atoms with Gasteiger partial charge < -0.3 is 14.9 Å². The van der Waals surface area contributed by atoms with E-state index < -0.39 is 17.4 Å². The van der Waals surface area contributed by atoms with Crippen LogP contribution in [0.2, 0.25) is 0 Å². The second-order valence-corrected chi connectivity index (χ2v) is 3.68. The largest absolute Gasteiger partial charge is 0.480 e. The molecular formula is C9H12N2O4. The molecule has 0 radical (unpaired) electrons. The molecule has 82 valence electrons. The Bertz CT molecular complexity index is 395. The van der Waals surface area contributed by atoms with Gasteiger partial charge in [-0.05, 0) is 20.8 Å². The number of carboxylic acid groups (broad SMARTS) is 1. The second-order valence-electron chi connectivity index (χ2n) is 3.68. The zero-order valence-corrected chi connectivity index (χ0v) is 8.70. The Balaban J connectivity index is 2.81. The molecule has 6 nitrogen and oxygen atoms in total. The molecule has 1 amide bonds. The lowest BCUT2D eigenvalue weighted by Gasteiger charge is -2.20. The summed E-state index contributed by atoms with van der Waals surface area (Å²) in [6.45, 7) is 4.38. The van der Waals surface area contributed by atoms with Gasteiger partial charge in [-0.3, -0.25) is 4.79 Å². The van der Waals surface area contributed by atoms with Crippen molar-refractivity contribution in [1.29, 1.82) is 0 Å². The highest BCUT2D eigenvalue weighted by Gasteiger charge is 2.30. The fourth-order valence-corrected chi connectivity index (χ4v) is 0.921. The maximum Gasteiger partial charge on any atom is 0.328 e. The lowest BCUT2D eigenvalue weighted by atomic mass is 10.1. The molecule has 0 fully saturated rings. The number of carbonyl (C=O) groups is 2. The SMILES string of the molecule is Cc1oncc1C(=O)NC(C)(C)C(=O)O. The lowest BCUT2D eigenvalue weighted by Crippen LogP contribution is -2.49. The maximum absolute atomic E-state index is 11.6. The van der Waals surface area contributed by atoms with E-state index >= 15 is 0 Å². The number of hydrogen-bond acceptors (Lipinski definition) is 4. The number of amides is 1. The number of hydrogen-bond donors (Lipinski definition) is 2. The molecule has 0 aliphatic rings. The van der Waals surface area contributed by atoms with Gasteiger partial charge in [0.15, 0.2) is 0 Å². The van der Waals surface area contributed by atoms with Gasteiger partial charge in [0.05, 0.1) is 6.20 Å². The van der Waals surface area contributed by atoms with E-state index in [0.717, 1.165) is 0 Å². The molecule has 0 aromatic carbocycles. The van der Waals surface area contributed by atoms with E-state index in [4.69, 9.17) is 9.63 Å². The van der Waals surface area contributed by atoms with E-state index in [2.05, 4.69) is 10.5 Å². The van der Waals surface area contributed by atoms with Crippen LogP contribution in [0.25, 0.3) is 0 Å². The van der Waals surface area contributed by atoms with Crippen LogP contribution in [0.1, 0.15) is 30.0 Å². The monoisotopic (exact) mass is 212 g/mol. The fraction of sp³-hybridized carbons (Fsp3) is 0.444. The average molecular weight is 212 g/mol. The number of carboxylic acids is 1. The van der Waals surface area contributed by atoms with Crippen LogP contribution in [-0.2, 0) is 4.79 Å². The van der Waals surface area contributed by atoms with Crippen molar-refractivity contribution in [3.8, 4) is 0 Å². The van der Waals surface area contributed by atoms with Crippen LogP contribution in [0.15, 0.2) is 10.7 Å². The number of rotatable bonds is 3. The minimum Gasteiger partial charge on any atom is -0.480 e. The van der Waals surface area contributed by atoms with Crippen LogP contribution >= 0.6 is 0 Å². The second kappa shape index (κ2) is 3.72. The van der Waals surface area contributed by atoms with Crippen molar-refractivity contribution in [3.05, 3.63) is 17.5 Å². The number of carbonyl (C=O) groups excluding carboxylic acids is 1. The third-order valence-corrected chi connectivity index (χ3v) is 1.96. The Morgan fingerprint density at radius 1 is 1.53 bits per heavy atom.